The first kappa shape index (κ1) is 110. The molecular formula is C99H137N11O24. The van der Waals surface area contributed by atoms with Crippen LogP contribution in [0.15, 0.2) is 158 Å². The third kappa shape index (κ3) is 38.5. The molecule has 0 radical (unpaired) electrons. The van der Waals surface area contributed by atoms with Crippen molar-refractivity contribution in [3.05, 3.63) is 191 Å². The molecule has 35 heteroatoms. The van der Waals surface area contributed by atoms with Gasteiger partial charge in [-0.25, -0.2) is 74.2 Å². The Kier molecular flexibility index (Phi) is 41.4. The van der Waals surface area contributed by atoms with Gasteiger partial charge in [0.15, 0.2) is 12.1 Å². The normalized spacial score (nSPS) is 13.3. The van der Waals surface area contributed by atoms with E-state index in [1.54, 1.807) is 177 Å². The standard InChI is InChI=1S/C42H54N4O9.C35H48N4O9.C22H35N3O6/c1-27(2)35(44-39(50)53-26-33-31-21-14-12-19-29(31)30-20-13-15-22-32(30)33)36(47)46(45-40(51)55-42(6,7)8)34(23-16-24-43-38(49)54-41(3,4)5)37(48)52-25-28-17-10-9-11-18-28;1-21(2)28(37-32(44)46-20-26-24-16-11-9-14-22(24)23-15-10-12-17-25(23)26)29(40)39(38-33(45)48-35(6,7)8)27(30(41)42)18-13-19-36-31(43)47-34(3,4)5;1-21(2,3)30-19(27)23-14-10-13-17(24-25-20(28)31-22(4,5)6)18(26)29-15-16-11-8-7-9-12-16/h9-15,17-22,27,33-35H,16,23-26H2,1-8H3,(H,43,49)(H,44,50)(H,45,51);9-12,14-17,21,26-28H,13,18-20H2,1-8H3,(H,36,43)(H,37,44)(H,38,45)(H,41,42);7-9,11-12,17,24H,10,13-15H2,1-6H3,(H,23,27)(H,25,28)/t34-,35-;27-,28-;17-/m000/s1. The number of carboxylic acids is 1. The summed E-state index contributed by atoms with van der Waals surface area (Å²) in [7, 11) is 0. The number of ether oxygens (including phenoxy) is 10. The molecule has 732 valence electrons. The molecule has 6 aromatic rings. The summed E-state index contributed by atoms with van der Waals surface area (Å²) in [6.45, 7) is 37.9. The number of benzene rings is 6. The van der Waals surface area contributed by atoms with Crippen LogP contribution in [0.4, 0.5) is 38.4 Å². The second-order valence-corrected chi connectivity index (χ2v) is 38.6. The number of nitrogens with zero attached hydrogens (tertiary/aromatic N) is 2. The Balaban J connectivity index is 0.000000321. The molecular weight excluding hydrogens is 1730 g/mol. The molecule has 0 fully saturated rings. The Morgan fingerprint density at radius 1 is 0.336 bits per heavy atom. The fourth-order valence-corrected chi connectivity index (χ4v) is 13.7. The summed E-state index contributed by atoms with van der Waals surface area (Å²) in [6, 6.07) is 43.5. The lowest BCUT2D eigenvalue weighted by Gasteiger charge is -2.35. The molecule has 0 saturated carbocycles. The zero-order valence-corrected chi connectivity index (χ0v) is 81.1. The Labute approximate surface area is 785 Å². The fraction of sp³-hybridized carbons (Fsp3) is 0.505. The quantitative estimate of drug-likeness (QED) is 0.00791. The van der Waals surface area contributed by atoms with E-state index in [-0.39, 0.29) is 77.0 Å². The van der Waals surface area contributed by atoms with Gasteiger partial charge in [0.25, 0.3) is 11.8 Å². The molecule has 2 aliphatic carbocycles. The lowest BCUT2D eigenvalue weighted by molar-refractivity contribution is -0.160. The highest BCUT2D eigenvalue weighted by Gasteiger charge is 2.43. The van der Waals surface area contributed by atoms with Crippen LogP contribution in [-0.2, 0) is 84.6 Å². The number of carboxylic acid groups (broad SMARTS) is 1. The van der Waals surface area contributed by atoms with Gasteiger partial charge in [0.1, 0.15) is 78.2 Å². The number of hydrazine groups is 3. The lowest BCUT2D eigenvalue weighted by Crippen LogP contribution is -2.62. The number of hydrogen-bond donors (Lipinski definition) is 10. The first-order valence-electron chi connectivity index (χ1n) is 44.8. The average Bonchev–Trinajstić information content (AvgIpc) is 1.62. The molecule has 134 heavy (non-hydrogen) atoms. The minimum atomic E-state index is -1.57. The van der Waals surface area contributed by atoms with Crippen molar-refractivity contribution in [2.75, 3.05) is 32.8 Å². The third-order valence-electron chi connectivity index (χ3n) is 19.4. The van der Waals surface area contributed by atoms with Gasteiger partial charge < -0.3 is 79.1 Å². The number of hydrogen-bond acceptors (Lipinski definition) is 24. The number of esters is 2. The van der Waals surface area contributed by atoms with Crippen LogP contribution < -0.4 is 48.3 Å². The first-order valence-corrected chi connectivity index (χ1v) is 44.8. The SMILES string of the molecule is CC(C)(C)OC(=O)NCCC[C@H](NNC(=O)OC(C)(C)C)C(=O)OCc1ccccc1.CC(C)[C@H](NC(=O)OCC1c2ccccc2-c2ccccc21)C(=O)N(NC(=O)OC(C)(C)C)[C@@H](CCCNC(=O)OC(C)(C)C)C(=O)O.CC(C)[C@H](NC(=O)OCC1c2ccccc2-c2ccccc21)C(=O)N(NC(=O)OC(C)(C)C)[C@@H](CCCNC(=O)OC(C)(C)C)C(=O)OCc1ccccc1. The number of fused-ring (bicyclic) bond motifs is 6. The number of carbonyl (C=O) groups is 13. The van der Waals surface area contributed by atoms with E-state index in [2.05, 4.69) is 48.3 Å². The molecule has 0 aliphatic heterocycles. The van der Waals surface area contributed by atoms with Crippen LogP contribution in [0.1, 0.15) is 236 Å². The highest BCUT2D eigenvalue weighted by molar-refractivity contribution is 5.93. The fourth-order valence-electron chi connectivity index (χ4n) is 13.7. The van der Waals surface area contributed by atoms with Gasteiger partial charge in [-0.15, -0.1) is 0 Å². The molecule has 0 spiro atoms. The Hall–Kier alpha value is -13.2. The molecule has 6 aromatic carbocycles. The van der Waals surface area contributed by atoms with Crippen molar-refractivity contribution in [2.24, 2.45) is 11.8 Å². The number of nitrogens with one attached hydrogen (secondary N) is 9. The summed E-state index contributed by atoms with van der Waals surface area (Å²) in [5.74, 6) is -5.96. The van der Waals surface area contributed by atoms with Crippen LogP contribution >= 0.6 is 0 Å². The smallest absolute Gasteiger partial charge is 0.426 e. The summed E-state index contributed by atoms with van der Waals surface area (Å²) in [4.78, 5) is 168. The second kappa shape index (κ2) is 50.6. The van der Waals surface area contributed by atoms with E-state index in [1.165, 1.54) is 0 Å². The van der Waals surface area contributed by atoms with Crippen molar-refractivity contribution in [3.8, 4) is 22.3 Å². The van der Waals surface area contributed by atoms with Crippen LogP contribution in [0.5, 0.6) is 0 Å². The van der Waals surface area contributed by atoms with Crippen molar-refractivity contribution < 1.29 is 115 Å². The van der Waals surface area contributed by atoms with Gasteiger partial charge in [-0.05, 0) is 231 Å². The molecule has 0 saturated heterocycles. The minimum absolute atomic E-state index is 0.00113. The van der Waals surface area contributed by atoms with Crippen molar-refractivity contribution >= 4 is 78.5 Å². The van der Waals surface area contributed by atoms with E-state index in [0.717, 1.165) is 55.1 Å². The number of carbonyl (C=O) groups excluding carboxylic acids is 12. The molecule has 8 rings (SSSR count). The van der Waals surface area contributed by atoms with Gasteiger partial charge in [-0.3, -0.25) is 19.8 Å². The first-order chi connectivity index (χ1) is 62.7. The number of rotatable bonds is 33. The summed E-state index contributed by atoms with van der Waals surface area (Å²) >= 11 is 0. The molecule has 35 nitrogen and oxygen atoms in total. The number of amides is 10. The Morgan fingerprint density at radius 2 is 0.619 bits per heavy atom. The maximum atomic E-state index is 14.5. The monoisotopic (exact) mass is 1860 g/mol. The topological polar surface area (TPSA) is 449 Å². The molecule has 0 unspecified atom stereocenters. The van der Waals surface area contributed by atoms with Crippen LogP contribution in [0.2, 0.25) is 0 Å². The van der Waals surface area contributed by atoms with Crippen LogP contribution in [0.25, 0.3) is 22.3 Å². The molecule has 10 amide bonds. The summed E-state index contributed by atoms with van der Waals surface area (Å²) in [5.41, 5.74) is 15.1. The maximum absolute atomic E-state index is 14.5. The van der Waals surface area contributed by atoms with Crippen LogP contribution in [0, 0.1) is 11.8 Å². The van der Waals surface area contributed by atoms with Gasteiger partial charge in [-0.1, -0.05) is 185 Å². The minimum Gasteiger partial charge on any atom is -0.480 e. The Bertz CT molecular complexity index is 4820. The third-order valence-corrected chi connectivity index (χ3v) is 19.4. The molecule has 2 aliphatic rings. The van der Waals surface area contributed by atoms with Gasteiger partial charge in [0, 0.05) is 31.5 Å². The van der Waals surface area contributed by atoms with Gasteiger partial charge in [-0.2, -0.15) is 0 Å². The van der Waals surface area contributed by atoms with E-state index in [0.29, 0.717) is 30.0 Å². The van der Waals surface area contributed by atoms with E-state index in [4.69, 9.17) is 47.4 Å². The summed E-state index contributed by atoms with van der Waals surface area (Å²) in [5, 5.41) is 24.8. The lowest BCUT2D eigenvalue weighted by atomic mass is 9.98. The van der Waals surface area contributed by atoms with Gasteiger partial charge >= 0.3 is 66.7 Å². The molecule has 0 bridgehead atoms. The highest BCUT2D eigenvalue weighted by atomic mass is 16.6. The van der Waals surface area contributed by atoms with E-state index >= 15 is 0 Å². The summed E-state index contributed by atoms with van der Waals surface area (Å²) in [6.07, 6.45) is -5.53. The maximum Gasteiger partial charge on any atom is 0.426 e. The molecule has 10 N–H and O–H groups in total. The van der Waals surface area contributed by atoms with Crippen LogP contribution in [-0.4, -0.2) is 190 Å². The molecule has 0 heterocycles. The van der Waals surface area contributed by atoms with Crippen molar-refractivity contribution in [2.45, 2.75) is 280 Å². The molecule has 5 atom stereocenters. The van der Waals surface area contributed by atoms with E-state index in [1.807, 2.05) is 133 Å². The second-order valence-electron chi connectivity index (χ2n) is 38.6. The van der Waals surface area contributed by atoms with E-state index in [9.17, 15) is 67.4 Å². The van der Waals surface area contributed by atoms with Gasteiger partial charge in [0.05, 0.1) is 0 Å². The molecule has 0 aromatic heterocycles. The Morgan fingerprint density at radius 3 is 0.940 bits per heavy atom. The average molecular weight is 1870 g/mol. The highest BCUT2D eigenvalue weighted by Crippen LogP contribution is 2.46. The van der Waals surface area contributed by atoms with Crippen LogP contribution in [0.3, 0.4) is 0 Å². The zero-order valence-electron chi connectivity index (χ0n) is 81.1. The zero-order chi connectivity index (χ0) is 99.6. The van der Waals surface area contributed by atoms with Crippen molar-refractivity contribution in [3.63, 3.8) is 0 Å². The van der Waals surface area contributed by atoms with E-state index < -0.39 is 154 Å². The number of alkyl carbamates (subject to hydrolysis) is 5. The predicted octanol–water partition coefficient (Wildman–Crippen LogP) is 16.2. The van der Waals surface area contributed by atoms with Crippen molar-refractivity contribution in [1.29, 1.82) is 0 Å². The summed E-state index contributed by atoms with van der Waals surface area (Å²) < 4.78 is 54.1. The van der Waals surface area contributed by atoms with Gasteiger partial charge in [0.2, 0.25) is 0 Å². The largest absolute Gasteiger partial charge is 0.480 e. The predicted molar refractivity (Wildman–Crippen MR) is 500 cm³/mol. The number of aliphatic carboxylic acids is 1. The van der Waals surface area contributed by atoms with Crippen molar-refractivity contribution in [1.82, 2.24) is 58.3 Å².